The Labute approximate surface area is 223 Å². The number of thioether (sulfide) groups is 1. The molecule has 208 valence electrons. The van der Waals surface area contributed by atoms with E-state index in [4.69, 9.17) is 5.73 Å². The van der Waals surface area contributed by atoms with E-state index in [2.05, 4.69) is 16.0 Å². The third-order valence-electron chi connectivity index (χ3n) is 6.09. The fourth-order valence-corrected chi connectivity index (χ4v) is 4.15. The number of carboxylic acid groups (broad SMARTS) is 1. The molecule has 3 amide bonds. The SMILES string of the molecule is CCC(C)C(NC(=O)C(CC(C)C)NC(=O)C(CCSC)NC(=O)C(N)Cc1ccc(O)cc1)C(=O)O. The molecule has 5 atom stereocenters. The smallest absolute Gasteiger partial charge is 0.326 e. The highest BCUT2D eigenvalue weighted by Gasteiger charge is 2.32. The molecule has 0 aliphatic carbocycles. The number of nitrogens with one attached hydrogen (secondary N) is 3. The largest absolute Gasteiger partial charge is 0.508 e. The molecule has 1 aromatic rings. The van der Waals surface area contributed by atoms with Crippen molar-refractivity contribution in [2.24, 2.45) is 17.6 Å². The number of phenols is 1. The Hall–Kier alpha value is -2.79. The second-order valence-corrected chi connectivity index (χ2v) is 10.7. The maximum absolute atomic E-state index is 13.2. The normalized spacial score (nSPS) is 15.2. The number of amides is 3. The van der Waals surface area contributed by atoms with Gasteiger partial charge >= 0.3 is 5.97 Å². The summed E-state index contributed by atoms with van der Waals surface area (Å²) in [5.74, 6) is -2.31. The average molecular weight is 539 g/mol. The summed E-state index contributed by atoms with van der Waals surface area (Å²) in [6.07, 6.45) is 3.28. The lowest BCUT2D eigenvalue weighted by Crippen LogP contribution is -2.58. The molecule has 0 fully saturated rings. The fourth-order valence-electron chi connectivity index (χ4n) is 3.67. The average Bonchev–Trinajstić information content (AvgIpc) is 2.84. The van der Waals surface area contributed by atoms with Crippen molar-refractivity contribution in [1.29, 1.82) is 0 Å². The van der Waals surface area contributed by atoms with Crippen LogP contribution in [0.15, 0.2) is 24.3 Å². The van der Waals surface area contributed by atoms with Crippen LogP contribution in [0.5, 0.6) is 5.75 Å². The molecule has 37 heavy (non-hydrogen) atoms. The lowest BCUT2D eigenvalue weighted by atomic mass is 9.97. The van der Waals surface area contributed by atoms with Gasteiger partial charge in [0, 0.05) is 0 Å². The molecule has 1 rings (SSSR count). The molecule has 0 heterocycles. The first kappa shape index (κ1) is 32.2. The van der Waals surface area contributed by atoms with Gasteiger partial charge in [0.15, 0.2) is 0 Å². The molecule has 5 unspecified atom stereocenters. The highest BCUT2D eigenvalue weighted by Crippen LogP contribution is 2.13. The van der Waals surface area contributed by atoms with Crippen molar-refractivity contribution in [2.75, 3.05) is 12.0 Å². The fraction of sp³-hybridized carbons (Fsp3) is 0.615. The molecular weight excluding hydrogens is 496 g/mol. The Morgan fingerprint density at radius 1 is 0.946 bits per heavy atom. The van der Waals surface area contributed by atoms with Gasteiger partial charge in [0.1, 0.15) is 23.9 Å². The number of aromatic hydroxyl groups is 1. The van der Waals surface area contributed by atoms with Gasteiger partial charge in [-0.3, -0.25) is 14.4 Å². The third-order valence-corrected chi connectivity index (χ3v) is 6.73. The number of phenolic OH excluding ortho intramolecular Hbond substituents is 1. The van der Waals surface area contributed by atoms with Crippen molar-refractivity contribution in [3.05, 3.63) is 29.8 Å². The van der Waals surface area contributed by atoms with E-state index in [9.17, 15) is 29.4 Å². The summed E-state index contributed by atoms with van der Waals surface area (Å²) in [6, 6.07) is 2.47. The summed E-state index contributed by atoms with van der Waals surface area (Å²) in [5, 5.41) is 27.0. The minimum absolute atomic E-state index is 0.0425. The number of carbonyl (C=O) groups excluding carboxylic acids is 3. The summed E-state index contributed by atoms with van der Waals surface area (Å²) in [7, 11) is 0. The predicted molar refractivity (Wildman–Crippen MR) is 145 cm³/mol. The first-order valence-corrected chi connectivity index (χ1v) is 13.9. The lowest BCUT2D eigenvalue weighted by molar-refractivity contribution is -0.144. The van der Waals surface area contributed by atoms with E-state index in [0.717, 1.165) is 5.56 Å². The predicted octanol–water partition coefficient (Wildman–Crippen LogP) is 1.65. The van der Waals surface area contributed by atoms with Crippen LogP contribution in [0.25, 0.3) is 0 Å². The number of hydrogen-bond donors (Lipinski definition) is 6. The van der Waals surface area contributed by atoms with Crippen molar-refractivity contribution in [3.8, 4) is 5.75 Å². The molecule has 0 saturated carbocycles. The maximum atomic E-state index is 13.2. The third kappa shape index (κ3) is 11.4. The van der Waals surface area contributed by atoms with Crippen LogP contribution >= 0.6 is 11.8 Å². The van der Waals surface area contributed by atoms with Crippen LogP contribution in [0.3, 0.4) is 0 Å². The summed E-state index contributed by atoms with van der Waals surface area (Å²) in [4.78, 5) is 50.7. The molecule has 0 aromatic heterocycles. The van der Waals surface area contributed by atoms with Crippen LogP contribution in [-0.2, 0) is 25.6 Å². The molecule has 0 bridgehead atoms. The molecule has 7 N–H and O–H groups in total. The summed E-state index contributed by atoms with van der Waals surface area (Å²) in [6.45, 7) is 7.37. The van der Waals surface area contributed by atoms with Crippen molar-refractivity contribution < 1.29 is 29.4 Å². The Kier molecular flexibility index (Phi) is 14.1. The van der Waals surface area contributed by atoms with E-state index in [1.807, 2.05) is 27.0 Å². The molecule has 11 heteroatoms. The number of nitrogens with two attached hydrogens (primary N) is 1. The standard InChI is InChI=1S/C26H42N4O6S/c1-6-16(4)22(26(35)36)30-25(34)21(13-15(2)3)29-24(33)20(11-12-37-5)28-23(32)19(27)14-17-7-9-18(31)10-8-17/h7-10,15-16,19-22,31H,6,11-14,27H2,1-5H3,(H,28,32)(H,29,33)(H,30,34)(H,35,36). The molecule has 1 aromatic carbocycles. The van der Waals surface area contributed by atoms with E-state index in [1.54, 1.807) is 19.1 Å². The quantitative estimate of drug-likeness (QED) is 0.184. The molecular formula is C26H42N4O6S. The first-order valence-electron chi connectivity index (χ1n) is 12.6. The Morgan fingerprint density at radius 2 is 1.51 bits per heavy atom. The van der Waals surface area contributed by atoms with Gasteiger partial charge in [-0.25, -0.2) is 4.79 Å². The van der Waals surface area contributed by atoms with Crippen LogP contribution in [0.2, 0.25) is 0 Å². The van der Waals surface area contributed by atoms with Gasteiger partial charge in [0.05, 0.1) is 6.04 Å². The van der Waals surface area contributed by atoms with E-state index < -0.39 is 47.9 Å². The zero-order chi connectivity index (χ0) is 28.1. The van der Waals surface area contributed by atoms with Crippen molar-refractivity contribution in [3.63, 3.8) is 0 Å². The molecule has 0 aliphatic rings. The van der Waals surface area contributed by atoms with Crippen LogP contribution < -0.4 is 21.7 Å². The highest BCUT2D eigenvalue weighted by molar-refractivity contribution is 7.98. The topological polar surface area (TPSA) is 171 Å². The number of benzene rings is 1. The van der Waals surface area contributed by atoms with Crippen LogP contribution in [0.1, 0.15) is 52.5 Å². The van der Waals surface area contributed by atoms with Gasteiger partial charge in [0.25, 0.3) is 0 Å². The number of carboxylic acids is 1. The van der Waals surface area contributed by atoms with Gasteiger partial charge < -0.3 is 31.9 Å². The van der Waals surface area contributed by atoms with Crippen molar-refractivity contribution in [1.82, 2.24) is 16.0 Å². The number of carbonyl (C=O) groups is 4. The van der Waals surface area contributed by atoms with E-state index in [0.29, 0.717) is 25.0 Å². The summed E-state index contributed by atoms with van der Waals surface area (Å²) < 4.78 is 0. The van der Waals surface area contributed by atoms with Gasteiger partial charge in [-0.15, -0.1) is 0 Å². The van der Waals surface area contributed by atoms with Gasteiger partial charge in [-0.1, -0.05) is 46.2 Å². The Bertz CT molecular complexity index is 896. The van der Waals surface area contributed by atoms with Crippen LogP contribution in [-0.4, -0.2) is 70.1 Å². The maximum Gasteiger partial charge on any atom is 0.326 e. The van der Waals surface area contributed by atoms with Crippen LogP contribution in [0.4, 0.5) is 0 Å². The minimum atomic E-state index is -1.13. The number of aliphatic carboxylic acids is 1. The number of rotatable bonds is 16. The monoisotopic (exact) mass is 538 g/mol. The zero-order valence-corrected chi connectivity index (χ0v) is 23.1. The molecule has 0 saturated heterocycles. The zero-order valence-electron chi connectivity index (χ0n) is 22.3. The second-order valence-electron chi connectivity index (χ2n) is 9.72. The molecule has 0 spiro atoms. The minimum Gasteiger partial charge on any atom is -0.508 e. The van der Waals surface area contributed by atoms with Gasteiger partial charge in [0.2, 0.25) is 17.7 Å². The Balaban J connectivity index is 2.96. The van der Waals surface area contributed by atoms with Gasteiger partial charge in [-0.05, 0) is 60.8 Å². The number of hydrogen-bond acceptors (Lipinski definition) is 7. The van der Waals surface area contributed by atoms with Crippen molar-refractivity contribution >= 4 is 35.5 Å². The van der Waals surface area contributed by atoms with Crippen LogP contribution in [0, 0.1) is 11.8 Å². The highest BCUT2D eigenvalue weighted by atomic mass is 32.2. The molecule has 0 aliphatic heterocycles. The van der Waals surface area contributed by atoms with E-state index in [-0.39, 0.29) is 24.0 Å². The first-order chi connectivity index (χ1) is 17.4. The molecule has 0 radical (unpaired) electrons. The Morgan fingerprint density at radius 3 is 2.03 bits per heavy atom. The van der Waals surface area contributed by atoms with Gasteiger partial charge in [-0.2, -0.15) is 11.8 Å². The second kappa shape index (κ2) is 16.1. The lowest BCUT2D eigenvalue weighted by Gasteiger charge is -2.27. The summed E-state index contributed by atoms with van der Waals surface area (Å²) in [5.41, 5.74) is 6.83. The van der Waals surface area contributed by atoms with E-state index >= 15 is 0 Å². The van der Waals surface area contributed by atoms with Crippen molar-refractivity contribution in [2.45, 2.75) is 77.5 Å². The summed E-state index contributed by atoms with van der Waals surface area (Å²) >= 11 is 1.51. The molecule has 10 nitrogen and oxygen atoms in total. The van der Waals surface area contributed by atoms with E-state index in [1.165, 1.54) is 23.9 Å².